The molecule has 5 heteroatoms. The van der Waals surface area contributed by atoms with Crippen LogP contribution in [0.25, 0.3) is 0 Å². The first-order valence-electron chi connectivity index (χ1n) is 7.13. The van der Waals surface area contributed by atoms with Crippen LogP contribution in [-0.2, 0) is 16.0 Å². The van der Waals surface area contributed by atoms with E-state index in [4.69, 9.17) is 5.11 Å². The predicted octanol–water partition coefficient (Wildman–Crippen LogP) is 2.58. The lowest BCUT2D eigenvalue weighted by Crippen LogP contribution is -2.42. The molecule has 1 aromatic rings. The van der Waals surface area contributed by atoms with Gasteiger partial charge in [0.25, 0.3) is 0 Å². The fraction of sp³-hybridized carbons (Fsp3) is 0.500. The van der Waals surface area contributed by atoms with E-state index >= 15 is 0 Å². The Morgan fingerprint density at radius 1 is 1.24 bits per heavy atom. The maximum atomic E-state index is 11.8. The molecular formula is C16H23NO3S. The van der Waals surface area contributed by atoms with Crippen molar-refractivity contribution in [3.63, 3.8) is 0 Å². The smallest absolute Gasteiger partial charge is 0.326 e. The largest absolute Gasteiger partial charge is 0.480 e. The minimum atomic E-state index is -0.966. The standard InChI is InChI=1S/C16H23NO3S/c1-12(2)10-14(16(19)20)17-15(18)11-21-9-8-13-6-4-3-5-7-13/h3-7,12,14H,8-11H2,1-2H3,(H,17,18)(H,19,20)/t14-/m1/s1. The van der Waals surface area contributed by atoms with E-state index < -0.39 is 12.0 Å². The summed E-state index contributed by atoms with van der Waals surface area (Å²) in [5.41, 5.74) is 1.24. The molecule has 1 amide bonds. The molecule has 0 radical (unpaired) electrons. The maximum absolute atomic E-state index is 11.8. The molecular weight excluding hydrogens is 286 g/mol. The van der Waals surface area contributed by atoms with Gasteiger partial charge in [-0.05, 0) is 30.1 Å². The number of thioether (sulfide) groups is 1. The van der Waals surface area contributed by atoms with Crippen molar-refractivity contribution in [1.29, 1.82) is 0 Å². The molecule has 0 aromatic heterocycles. The third kappa shape index (κ3) is 7.75. The molecule has 1 rings (SSSR count). The normalized spacial score (nSPS) is 12.1. The summed E-state index contributed by atoms with van der Waals surface area (Å²) >= 11 is 1.52. The Hall–Kier alpha value is -1.49. The van der Waals surface area contributed by atoms with Crippen molar-refractivity contribution in [2.24, 2.45) is 5.92 Å². The first-order valence-corrected chi connectivity index (χ1v) is 8.28. The molecule has 0 aliphatic heterocycles. The zero-order chi connectivity index (χ0) is 15.7. The van der Waals surface area contributed by atoms with Gasteiger partial charge >= 0.3 is 5.97 Å². The number of carboxylic acid groups (broad SMARTS) is 1. The van der Waals surface area contributed by atoms with Crippen LogP contribution in [0.3, 0.4) is 0 Å². The molecule has 0 aliphatic carbocycles. The molecule has 21 heavy (non-hydrogen) atoms. The van der Waals surface area contributed by atoms with Gasteiger partial charge in [0.15, 0.2) is 0 Å². The monoisotopic (exact) mass is 309 g/mol. The van der Waals surface area contributed by atoms with Gasteiger partial charge in [-0.15, -0.1) is 0 Å². The van der Waals surface area contributed by atoms with Crippen LogP contribution < -0.4 is 5.32 Å². The number of carbonyl (C=O) groups excluding carboxylic acids is 1. The number of carbonyl (C=O) groups is 2. The number of hydrogen-bond donors (Lipinski definition) is 2. The van der Waals surface area contributed by atoms with Crippen LogP contribution in [0.4, 0.5) is 0 Å². The predicted molar refractivity (Wildman–Crippen MR) is 86.5 cm³/mol. The quantitative estimate of drug-likeness (QED) is 0.688. The van der Waals surface area contributed by atoms with E-state index in [2.05, 4.69) is 17.4 Å². The summed E-state index contributed by atoms with van der Waals surface area (Å²) < 4.78 is 0. The minimum Gasteiger partial charge on any atom is -0.480 e. The Kier molecular flexibility index (Phi) is 7.90. The van der Waals surface area contributed by atoms with Crippen LogP contribution in [-0.4, -0.2) is 34.5 Å². The molecule has 1 aromatic carbocycles. The van der Waals surface area contributed by atoms with Crippen molar-refractivity contribution < 1.29 is 14.7 Å². The number of aliphatic carboxylic acids is 1. The second-order valence-corrected chi connectivity index (χ2v) is 6.48. The van der Waals surface area contributed by atoms with E-state index in [9.17, 15) is 9.59 Å². The average Bonchev–Trinajstić information content (AvgIpc) is 2.43. The number of nitrogens with one attached hydrogen (secondary N) is 1. The number of aryl methyl sites for hydroxylation is 1. The van der Waals surface area contributed by atoms with Crippen molar-refractivity contribution in [1.82, 2.24) is 5.32 Å². The van der Waals surface area contributed by atoms with E-state index in [0.717, 1.165) is 12.2 Å². The summed E-state index contributed by atoms with van der Waals surface area (Å²) in [6, 6.07) is 9.30. The van der Waals surface area contributed by atoms with E-state index in [1.165, 1.54) is 17.3 Å². The summed E-state index contributed by atoms with van der Waals surface area (Å²) in [6.07, 6.45) is 1.36. The minimum absolute atomic E-state index is 0.207. The van der Waals surface area contributed by atoms with Gasteiger partial charge in [0, 0.05) is 0 Å². The van der Waals surface area contributed by atoms with Crippen LogP contribution in [0.5, 0.6) is 0 Å². The molecule has 1 atom stereocenters. The van der Waals surface area contributed by atoms with Crippen LogP contribution in [0, 0.1) is 5.92 Å². The lowest BCUT2D eigenvalue weighted by molar-refractivity contribution is -0.141. The van der Waals surface area contributed by atoms with Crippen molar-refractivity contribution in [2.75, 3.05) is 11.5 Å². The Balaban J connectivity index is 2.25. The highest BCUT2D eigenvalue weighted by molar-refractivity contribution is 7.99. The maximum Gasteiger partial charge on any atom is 0.326 e. The zero-order valence-electron chi connectivity index (χ0n) is 12.5. The van der Waals surface area contributed by atoms with Gasteiger partial charge in [-0.2, -0.15) is 11.8 Å². The van der Waals surface area contributed by atoms with E-state index in [-0.39, 0.29) is 11.8 Å². The lowest BCUT2D eigenvalue weighted by atomic mass is 10.0. The van der Waals surface area contributed by atoms with Gasteiger partial charge in [0.1, 0.15) is 6.04 Å². The van der Waals surface area contributed by atoms with Gasteiger partial charge in [0.05, 0.1) is 5.75 Å². The average molecular weight is 309 g/mol. The summed E-state index contributed by atoms with van der Waals surface area (Å²) in [4.78, 5) is 22.8. The van der Waals surface area contributed by atoms with Crippen molar-refractivity contribution >= 4 is 23.6 Å². The van der Waals surface area contributed by atoms with Crippen LogP contribution in [0.2, 0.25) is 0 Å². The zero-order valence-corrected chi connectivity index (χ0v) is 13.4. The molecule has 0 unspecified atom stereocenters. The highest BCUT2D eigenvalue weighted by Gasteiger charge is 2.20. The summed E-state index contributed by atoms with van der Waals surface area (Å²) in [5.74, 6) is 0.207. The Morgan fingerprint density at radius 2 is 1.90 bits per heavy atom. The summed E-state index contributed by atoms with van der Waals surface area (Å²) in [5, 5.41) is 11.7. The number of amides is 1. The Labute approximate surface area is 130 Å². The fourth-order valence-corrected chi connectivity index (χ4v) is 2.72. The molecule has 0 heterocycles. The first kappa shape index (κ1) is 17.6. The van der Waals surface area contributed by atoms with Crippen LogP contribution >= 0.6 is 11.8 Å². The second kappa shape index (κ2) is 9.45. The first-order chi connectivity index (χ1) is 9.99. The van der Waals surface area contributed by atoms with Crippen LogP contribution in [0.1, 0.15) is 25.8 Å². The topological polar surface area (TPSA) is 66.4 Å². The molecule has 0 saturated carbocycles. The number of rotatable bonds is 9. The molecule has 0 fully saturated rings. The third-order valence-corrected chi connectivity index (χ3v) is 3.91. The lowest BCUT2D eigenvalue weighted by Gasteiger charge is -2.16. The fourth-order valence-electron chi connectivity index (χ4n) is 1.93. The number of benzene rings is 1. The van der Waals surface area contributed by atoms with E-state index in [1.54, 1.807) is 0 Å². The van der Waals surface area contributed by atoms with Gasteiger partial charge in [-0.25, -0.2) is 4.79 Å². The van der Waals surface area contributed by atoms with Gasteiger partial charge in [0.2, 0.25) is 5.91 Å². The number of hydrogen-bond acceptors (Lipinski definition) is 3. The third-order valence-electron chi connectivity index (χ3n) is 2.95. The summed E-state index contributed by atoms with van der Waals surface area (Å²) in [6.45, 7) is 3.88. The molecule has 0 bridgehead atoms. The number of carboxylic acids is 1. The molecule has 2 N–H and O–H groups in total. The molecule has 4 nitrogen and oxygen atoms in total. The van der Waals surface area contributed by atoms with Crippen molar-refractivity contribution in [3.05, 3.63) is 35.9 Å². The highest BCUT2D eigenvalue weighted by atomic mass is 32.2. The van der Waals surface area contributed by atoms with E-state index in [0.29, 0.717) is 12.2 Å². The molecule has 0 aliphatic rings. The molecule has 0 spiro atoms. The molecule has 0 saturated heterocycles. The van der Waals surface area contributed by atoms with E-state index in [1.807, 2.05) is 32.0 Å². The second-order valence-electron chi connectivity index (χ2n) is 5.38. The SMILES string of the molecule is CC(C)C[C@@H](NC(=O)CSCCc1ccccc1)C(=O)O. The van der Waals surface area contributed by atoms with Crippen molar-refractivity contribution in [2.45, 2.75) is 32.7 Å². The Morgan fingerprint density at radius 3 is 2.48 bits per heavy atom. The molecule has 116 valence electrons. The van der Waals surface area contributed by atoms with Crippen molar-refractivity contribution in [3.8, 4) is 0 Å². The Bertz CT molecular complexity index is 448. The van der Waals surface area contributed by atoms with Crippen LogP contribution in [0.15, 0.2) is 30.3 Å². The highest BCUT2D eigenvalue weighted by Crippen LogP contribution is 2.08. The van der Waals surface area contributed by atoms with Gasteiger partial charge < -0.3 is 10.4 Å². The summed E-state index contributed by atoms with van der Waals surface area (Å²) in [7, 11) is 0. The van der Waals surface area contributed by atoms with Gasteiger partial charge in [-0.1, -0.05) is 44.2 Å². The van der Waals surface area contributed by atoms with Gasteiger partial charge in [-0.3, -0.25) is 4.79 Å².